The second-order valence-corrected chi connectivity index (χ2v) is 5.99. The Hall–Kier alpha value is -3.68. The van der Waals surface area contributed by atoms with Gasteiger partial charge >= 0.3 is 5.97 Å². The highest BCUT2D eigenvalue weighted by Crippen LogP contribution is 2.22. The van der Waals surface area contributed by atoms with Crippen molar-refractivity contribution in [3.63, 3.8) is 0 Å². The lowest BCUT2D eigenvalue weighted by Crippen LogP contribution is -2.27. The van der Waals surface area contributed by atoms with Gasteiger partial charge in [0.15, 0.2) is 0 Å². The number of nitrogens with zero attached hydrogens (tertiary/aromatic N) is 3. The van der Waals surface area contributed by atoms with Crippen molar-refractivity contribution in [2.24, 2.45) is 0 Å². The molecule has 0 spiro atoms. The summed E-state index contributed by atoms with van der Waals surface area (Å²) in [7, 11) is 3.19. The summed E-state index contributed by atoms with van der Waals surface area (Å²) in [6.07, 6.45) is 0. The van der Waals surface area contributed by atoms with E-state index in [0.717, 1.165) is 11.3 Å². The SMILES string of the molecule is COc1ccc(-c2noc(CN(C)C(=O)c3ccccc3OC(C)=O)n2)cc1. The number of aromatic nitrogens is 2. The third-order valence-corrected chi connectivity index (χ3v) is 3.91. The zero-order valence-corrected chi connectivity index (χ0v) is 15.7. The Bertz CT molecular complexity index is 982. The summed E-state index contributed by atoms with van der Waals surface area (Å²) >= 11 is 0. The number of methoxy groups -OCH3 is 1. The molecule has 8 nitrogen and oxygen atoms in total. The predicted molar refractivity (Wildman–Crippen MR) is 99.8 cm³/mol. The number of benzene rings is 2. The monoisotopic (exact) mass is 381 g/mol. The first-order valence-electron chi connectivity index (χ1n) is 8.48. The summed E-state index contributed by atoms with van der Waals surface area (Å²) < 4.78 is 15.5. The summed E-state index contributed by atoms with van der Waals surface area (Å²) in [6, 6.07) is 13.8. The van der Waals surface area contributed by atoms with Crippen LogP contribution in [0.2, 0.25) is 0 Å². The smallest absolute Gasteiger partial charge is 0.308 e. The topological polar surface area (TPSA) is 94.8 Å². The number of carbonyl (C=O) groups excluding carboxylic acids is 2. The Morgan fingerprint density at radius 1 is 1.11 bits per heavy atom. The zero-order valence-electron chi connectivity index (χ0n) is 15.7. The molecule has 0 aliphatic heterocycles. The molecular weight excluding hydrogens is 362 g/mol. The van der Waals surface area contributed by atoms with Crippen molar-refractivity contribution in [1.82, 2.24) is 15.0 Å². The van der Waals surface area contributed by atoms with E-state index in [9.17, 15) is 9.59 Å². The number of hydrogen-bond donors (Lipinski definition) is 0. The number of carbonyl (C=O) groups is 2. The highest BCUT2D eigenvalue weighted by atomic mass is 16.5. The van der Waals surface area contributed by atoms with Crippen LogP contribution in [-0.2, 0) is 11.3 Å². The van der Waals surface area contributed by atoms with Crippen molar-refractivity contribution in [3.8, 4) is 22.9 Å². The van der Waals surface area contributed by atoms with Crippen molar-refractivity contribution in [2.75, 3.05) is 14.2 Å². The van der Waals surface area contributed by atoms with Crippen LogP contribution in [0, 0.1) is 0 Å². The highest BCUT2D eigenvalue weighted by molar-refractivity contribution is 5.97. The number of esters is 1. The van der Waals surface area contributed by atoms with E-state index in [1.54, 1.807) is 50.6 Å². The minimum Gasteiger partial charge on any atom is -0.497 e. The Balaban J connectivity index is 1.73. The number of ether oxygens (including phenoxy) is 2. The van der Waals surface area contributed by atoms with Gasteiger partial charge in [0.1, 0.15) is 18.0 Å². The first kappa shape index (κ1) is 19.1. The first-order chi connectivity index (χ1) is 13.5. The van der Waals surface area contributed by atoms with Crippen molar-refractivity contribution in [3.05, 3.63) is 60.0 Å². The lowest BCUT2D eigenvalue weighted by molar-refractivity contribution is -0.131. The average Bonchev–Trinajstić information content (AvgIpc) is 3.16. The van der Waals surface area contributed by atoms with Crippen LogP contribution in [0.25, 0.3) is 11.4 Å². The molecular formula is C20H19N3O5. The van der Waals surface area contributed by atoms with Gasteiger partial charge in [0.25, 0.3) is 5.91 Å². The van der Waals surface area contributed by atoms with Gasteiger partial charge in [-0.15, -0.1) is 0 Å². The van der Waals surface area contributed by atoms with E-state index in [2.05, 4.69) is 10.1 Å². The average molecular weight is 381 g/mol. The molecule has 0 atom stereocenters. The number of para-hydroxylation sites is 1. The molecule has 0 N–H and O–H groups in total. The zero-order chi connectivity index (χ0) is 20.1. The summed E-state index contributed by atoms with van der Waals surface area (Å²) in [4.78, 5) is 29.7. The van der Waals surface area contributed by atoms with E-state index < -0.39 is 5.97 Å². The molecule has 28 heavy (non-hydrogen) atoms. The third-order valence-electron chi connectivity index (χ3n) is 3.91. The molecule has 1 heterocycles. The Labute approximate surface area is 161 Å². The van der Waals surface area contributed by atoms with Crippen LogP contribution in [0.1, 0.15) is 23.2 Å². The molecule has 0 aliphatic rings. The molecule has 0 saturated heterocycles. The second-order valence-electron chi connectivity index (χ2n) is 5.99. The van der Waals surface area contributed by atoms with Crippen molar-refractivity contribution >= 4 is 11.9 Å². The van der Waals surface area contributed by atoms with Crippen LogP contribution in [-0.4, -0.2) is 41.1 Å². The van der Waals surface area contributed by atoms with Gasteiger partial charge in [0, 0.05) is 19.5 Å². The Morgan fingerprint density at radius 3 is 2.50 bits per heavy atom. The molecule has 3 aromatic rings. The Morgan fingerprint density at radius 2 is 1.82 bits per heavy atom. The minimum atomic E-state index is -0.496. The van der Waals surface area contributed by atoms with Crippen LogP contribution in [0.5, 0.6) is 11.5 Å². The van der Waals surface area contributed by atoms with E-state index in [1.807, 2.05) is 12.1 Å². The Kier molecular flexibility index (Phi) is 5.69. The second kappa shape index (κ2) is 8.34. The number of hydrogen-bond acceptors (Lipinski definition) is 7. The van der Waals surface area contributed by atoms with E-state index >= 15 is 0 Å². The van der Waals surface area contributed by atoms with Crippen LogP contribution < -0.4 is 9.47 Å². The van der Waals surface area contributed by atoms with Crippen molar-refractivity contribution < 1.29 is 23.6 Å². The van der Waals surface area contributed by atoms with Crippen LogP contribution in [0.15, 0.2) is 53.1 Å². The fourth-order valence-corrected chi connectivity index (χ4v) is 2.54. The molecule has 1 aromatic heterocycles. The summed E-state index contributed by atoms with van der Waals surface area (Å²) in [5, 5.41) is 3.95. The van der Waals surface area contributed by atoms with E-state index in [4.69, 9.17) is 14.0 Å². The third kappa shape index (κ3) is 4.35. The fraction of sp³-hybridized carbons (Fsp3) is 0.200. The molecule has 144 valence electrons. The van der Waals surface area contributed by atoms with E-state index in [1.165, 1.54) is 11.8 Å². The largest absolute Gasteiger partial charge is 0.497 e. The predicted octanol–water partition coefficient (Wildman–Crippen LogP) is 2.94. The quantitative estimate of drug-likeness (QED) is 0.478. The number of amides is 1. The fourth-order valence-electron chi connectivity index (χ4n) is 2.54. The van der Waals surface area contributed by atoms with Crippen molar-refractivity contribution in [2.45, 2.75) is 13.5 Å². The standard InChI is InChI=1S/C20H19N3O5/c1-13(24)27-17-7-5-4-6-16(17)20(25)23(2)12-18-21-19(22-28-18)14-8-10-15(26-3)11-9-14/h4-11H,12H2,1-3H3. The minimum absolute atomic E-state index is 0.108. The molecule has 8 heteroatoms. The van der Waals surface area contributed by atoms with E-state index in [-0.39, 0.29) is 29.7 Å². The molecule has 0 bridgehead atoms. The van der Waals surface area contributed by atoms with Gasteiger partial charge < -0.3 is 18.9 Å². The molecule has 0 radical (unpaired) electrons. The maximum absolute atomic E-state index is 12.7. The molecule has 0 aliphatic carbocycles. The lowest BCUT2D eigenvalue weighted by atomic mass is 10.1. The van der Waals surface area contributed by atoms with Crippen molar-refractivity contribution in [1.29, 1.82) is 0 Å². The van der Waals surface area contributed by atoms with Gasteiger partial charge in [0.05, 0.1) is 12.7 Å². The van der Waals surface area contributed by atoms with Gasteiger partial charge in [-0.3, -0.25) is 9.59 Å². The molecule has 1 amide bonds. The molecule has 0 fully saturated rings. The molecule has 0 unspecified atom stereocenters. The van der Waals surface area contributed by atoms with Crippen LogP contribution in [0.4, 0.5) is 0 Å². The van der Waals surface area contributed by atoms with Gasteiger partial charge in [-0.25, -0.2) is 0 Å². The molecule has 3 rings (SSSR count). The normalized spacial score (nSPS) is 10.4. The van der Waals surface area contributed by atoms with Gasteiger partial charge in [-0.05, 0) is 36.4 Å². The van der Waals surface area contributed by atoms with Gasteiger partial charge in [0.2, 0.25) is 11.7 Å². The van der Waals surface area contributed by atoms with Crippen LogP contribution in [0.3, 0.4) is 0 Å². The first-order valence-corrected chi connectivity index (χ1v) is 8.48. The summed E-state index contributed by atoms with van der Waals surface area (Å²) in [5.41, 5.74) is 1.04. The highest BCUT2D eigenvalue weighted by Gasteiger charge is 2.20. The molecule has 2 aromatic carbocycles. The maximum Gasteiger partial charge on any atom is 0.308 e. The van der Waals surface area contributed by atoms with Gasteiger partial charge in [-0.1, -0.05) is 17.3 Å². The van der Waals surface area contributed by atoms with Crippen LogP contribution >= 0.6 is 0 Å². The summed E-state index contributed by atoms with van der Waals surface area (Å²) in [6.45, 7) is 1.39. The maximum atomic E-state index is 12.7. The van der Waals surface area contributed by atoms with E-state index in [0.29, 0.717) is 5.82 Å². The van der Waals surface area contributed by atoms with Gasteiger partial charge in [-0.2, -0.15) is 4.98 Å². The lowest BCUT2D eigenvalue weighted by Gasteiger charge is -2.16. The summed E-state index contributed by atoms with van der Waals surface area (Å²) in [5.74, 6) is 0.802. The number of rotatable bonds is 6. The molecule has 0 saturated carbocycles.